The number of rotatable bonds is 8. The Bertz CT molecular complexity index is 5130. The van der Waals surface area contributed by atoms with Crippen LogP contribution in [0.25, 0.3) is 68.5 Å². The molecular formula is C83H71BN4S2. The molecule has 0 fully saturated rings. The fourth-order valence-electron chi connectivity index (χ4n) is 14.9. The van der Waals surface area contributed by atoms with Gasteiger partial charge in [-0.2, -0.15) is 0 Å². The van der Waals surface area contributed by atoms with Crippen LogP contribution >= 0.6 is 22.7 Å². The first-order valence-corrected chi connectivity index (χ1v) is 33.3. The van der Waals surface area contributed by atoms with Crippen LogP contribution in [0.2, 0.25) is 0 Å². The quantitative estimate of drug-likeness (QED) is 0.141. The molecule has 0 N–H and O–H groups in total. The van der Waals surface area contributed by atoms with Crippen molar-refractivity contribution >= 4 is 139 Å². The lowest BCUT2D eigenvalue weighted by molar-refractivity contribution is 0.590. The average molecular weight is 1200 g/mol. The molecule has 0 spiro atoms. The van der Waals surface area contributed by atoms with Crippen LogP contribution in [-0.2, 0) is 10.8 Å². The Labute approximate surface area is 537 Å². The Hall–Kier alpha value is -9.40. The lowest BCUT2D eigenvalue weighted by atomic mass is 9.33. The predicted molar refractivity (Wildman–Crippen MR) is 392 cm³/mol. The van der Waals surface area contributed by atoms with Gasteiger partial charge in [0.05, 0.1) is 22.4 Å². The van der Waals surface area contributed by atoms with E-state index in [2.05, 4.69) is 326 Å². The highest BCUT2D eigenvalue weighted by Crippen LogP contribution is 2.51. The molecule has 3 aromatic heterocycles. The van der Waals surface area contributed by atoms with Crippen molar-refractivity contribution in [2.45, 2.75) is 87.0 Å². The van der Waals surface area contributed by atoms with Crippen molar-refractivity contribution in [1.29, 1.82) is 0 Å². The zero-order chi connectivity index (χ0) is 61.6. The van der Waals surface area contributed by atoms with Crippen LogP contribution < -0.4 is 31.1 Å². The minimum absolute atomic E-state index is 0.0168. The first-order chi connectivity index (χ1) is 43.4. The van der Waals surface area contributed by atoms with E-state index in [4.69, 9.17) is 0 Å². The Balaban J connectivity index is 0.956. The molecule has 14 aromatic rings. The van der Waals surface area contributed by atoms with Gasteiger partial charge in [-0.1, -0.05) is 151 Å². The molecule has 0 atom stereocenters. The highest BCUT2D eigenvalue weighted by Gasteiger charge is 2.45. The monoisotopic (exact) mass is 1200 g/mol. The van der Waals surface area contributed by atoms with Crippen molar-refractivity contribution < 1.29 is 0 Å². The first kappa shape index (κ1) is 55.9. The summed E-state index contributed by atoms with van der Waals surface area (Å²) in [7, 11) is 0. The highest BCUT2D eigenvalue weighted by atomic mass is 32.1. The van der Waals surface area contributed by atoms with E-state index in [9.17, 15) is 0 Å². The van der Waals surface area contributed by atoms with E-state index in [0.29, 0.717) is 0 Å². The largest absolute Gasteiger partial charge is 0.311 e. The van der Waals surface area contributed by atoms with Crippen LogP contribution in [0.5, 0.6) is 0 Å². The van der Waals surface area contributed by atoms with Gasteiger partial charge in [-0.3, -0.25) is 0 Å². The molecule has 0 saturated heterocycles. The molecule has 0 bridgehead atoms. The van der Waals surface area contributed by atoms with E-state index in [1.165, 1.54) is 147 Å². The lowest BCUT2D eigenvalue weighted by Gasteiger charge is -2.46. The van der Waals surface area contributed by atoms with Crippen LogP contribution in [0, 0.1) is 34.6 Å². The number of hydrogen-bond acceptors (Lipinski definition) is 5. The zero-order valence-electron chi connectivity index (χ0n) is 53.1. The third-order valence-electron chi connectivity index (χ3n) is 19.1. The summed E-state index contributed by atoms with van der Waals surface area (Å²) in [6, 6.07) is 87.9. The van der Waals surface area contributed by atoms with Gasteiger partial charge < -0.3 is 19.3 Å². The number of anilines is 9. The molecule has 2 aliphatic rings. The number of aryl methyl sites for hydroxylation is 5. The summed E-state index contributed by atoms with van der Waals surface area (Å²) in [5, 5.41) is 5.03. The van der Waals surface area contributed by atoms with Crippen LogP contribution in [0.1, 0.15) is 80.5 Å². The number of thiophene rings is 2. The normalized spacial score (nSPS) is 13.0. The predicted octanol–water partition coefficient (Wildman–Crippen LogP) is 22.2. The number of hydrogen-bond donors (Lipinski definition) is 0. The summed E-state index contributed by atoms with van der Waals surface area (Å²) in [6.45, 7) is 25.5. The maximum Gasteiger partial charge on any atom is 0.252 e. The maximum absolute atomic E-state index is 2.67. The zero-order valence-corrected chi connectivity index (χ0v) is 54.8. The second-order valence-electron chi connectivity index (χ2n) is 27.3. The van der Waals surface area contributed by atoms with E-state index in [-0.39, 0.29) is 17.5 Å². The Morgan fingerprint density at radius 2 is 0.878 bits per heavy atom. The summed E-state index contributed by atoms with van der Waals surface area (Å²) >= 11 is 3.75. The first-order valence-electron chi connectivity index (χ1n) is 31.7. The van der Waals surface area contributed by atoms with Gasteiger partial charge in [0.1, 0.15) is 0 Å². The third kappa shape index (κ3) is 9.06. The molecule has 4 nitrogen and oxygen atoms in total. The van der Waals surface area contributed by atoms with Gasteiger partial charge >= 0.3 is 0 Å². The van der Waals surface area contributed by atoms with Gasteiger partial charge in [0.25, 0.3) is 6.71 Å². The smallest absolute Gasteiger partial charge is 0.252 e. The average Bonchev–Trinajstić information content (AvgIpc) is 0.925. The number of fused-ring (bicyclic) bond motifs is 9. The number of aromatic nitrogens is 1. The van der Waals surface area contributed by atoms with E-state index < -0.39 is 0 Å². The molecule has 0 unspecified atom stereocenters. The van der Waals surface area contributed by atoms with Crippen molar-refractivity contribution in [3.05, 3.63) is 269 Å². The van der Waals surface area contributed by atoms with E-state index in [1.807, 2.05) is 22.7 Å². The van der Waals surface area contributed by atoms with Gasteiger partial charge in [0.15, 0.2) is 0 Å². The number of benzene rings is 11. The molecule has 0 radical (unpaired) electrons. The lowest BCUT2D eigenvalue weighted by Crippen LogP contribution is -2.61. The SMILES string of the molecule is Cc1cc2c3c(c1)N(c1c(C)cc(-c4cc5ccccc5s4)cc1C)c1cc(N(c4ccc(C(C)(C)C)cc4)c4ccc5c6ccccc6n(-c6ccccc6)c5c4)ccc1B3c1cc(C(C)(C)C)ccc1N2c1c(C)cc(-c2cc3ccccc3s2)cc1C. The Morgan fingerprint density at radius 3 is 1.47 bits per heavy atom. The number of nitrogens with zero attached hydrogens (tertiary/aromatic N) is 4. The number of para-hydroxylation sites is 2. The molecule has 7 heteroatoms. The molecule has 90 heavy (non-hydrogen) atoms. The van der Waals surface area contributed by atoms with Crippen molar-refractivity contribution in [2.24, 2.45) is 0 Å². The molecule has 0 aliphatic carbocycles. The topological polar surface area (TPSA) is 14.7 Å². The van der Waals surface area contributed by atoms with Crippen molar-refractivity contribution in [1.82, 2.24) is 4.57 Å². The van der Waals surface area contributed by atoms with Crippen LogP contribution in [-0.4, -0.2) is 11.3 Å². The maximum atomic E-state index is 2.67. The molecule has 11 aromatic carbocycles. The van der Waals surface area contributed by atoms with Crippen LogP contribution in [0.15, 0.2) is 231 Å². The van der Waals surface area contributed by atoms with Gasteiger partial charge in [-0.25, -0.2) is 0 Å². The fourth-order valence-corrected chi connectivity index (χ4v) is 17.0. The molecule has 0 amide bonds. The van der Waals surface area contributed by atoms with Crippen molar-refractivity contribution in [2.75, 3.05) is 14.7 Å². The van der Waals surface area contributed by atoms with Crippen LogP contribution in [0.4, 0.5) is 51.2 Å². The second-order valence-corrected chi connectivity index (χ2v) is 29.5. The Kier molecular flexibility index (Phi) is 12.9. The molecule has 438 valence electrons. The fraction of sp³-hybridized carbons (Fsp3) is 0.157. The molecule has 16 rings (SSSR count). The van der Waals surface area contributed by atoms with E-state index in [0.717, 1.165) is 28.3 Å². The summed E-state index contributed by atoms with van der Waals surface area (Å²) in [6.07, 6.45) is 0. The van der Waals surface area contributed by atoms with Crippen molar-refractivity contribution in [3.63, 3.8) is 0 Å². The molecule has 2 aliphatic heterocycles. The summed E-state index contributed by atoms with van der Waals surface area (Å²) in [5.41, 5.74) is 29.2. The molecule has 5 heterocycles. The van der Waals surface area contributed by atoms with Gasteiger partial charge in [0.2, 0.25) is 0 Å². The van der Waals surface area contributed by atoms with E-state index >= 15 is 0 Å². The standard InChI is InChI=1S/C83H71BN4S2/c1-50-39-73-79-74(40-50)88(81-53(4)43-58(44-54(81)5)78-46-56-22-16-20-28-76(56)90-78)72-49-64(85(62-32-29-59(30-33-62)82(6,7)8)63-34-36-66-65-25-17-18-26-69(65)86(71(66)48-63)61-23-13-12-14-24-61)35-37-67(72)84(79)68-47-60(83(9,10)11)31-38-70(68)87(73)80-51(2)41-57(42-52(80)3)77-45-55-21-15-19-27-75(55)89-77/h12-49H,1-11H3. The van der Waals surface area contributed by atoms with Crippen LogP contribution in [0.3, 0.4) is 0 Å². The van der Waals surface area contributed by atoms with E-state index in [1.54, 1.807) is 0 Å². The molecule has 0 saturated carbocycles. The van der Waals surface area contributed by atoms with Crippen molar-refractivity contribution in [3.8, 4) is 26.6 Å². The van der Waals surface area contributed by atoms with Gasteiger partial charge in [0, 0.05) is 75.4 Å². The minimum Gasteiger partial charge on any atom is -0.311 e. The highest BCUT2D eigenvalue weighted by molar-refractivity contribution is 7.22. The van der Waals surface area contributed by atoms with Gasteiger partial charge in [-0.15, -0.1) is 22.7 Å². The van der Waals surface area contributed by atoms with Gasteiger partial charge in [-0.05, 0) is 244 Å². The summed E-state index contributed by atoms with van der Waals surface area (Å²) < 4.78 is 5.06. The minimum atomic E-state index is -0.0951. The third-order valence-corrected chi connectivity index (χ3v) is 21.4. The Morgan fingerprint density at radius 1 is 0.378 bits per heavy atom. The second kappa shape index (κ2) is 20.8. The molecular weight excluding hydrogens is 1130 g/mol. The summed E-state index contributed by atoms with van der Waals surface area (Å²) in [4.78, 5) is 10.4. The summed E-state index contributed by atoms with van der Waals surface area (Å²) in [5.74, 6) is 0.